The van der Waals surface area contributed by atoms with Crippen molar-refractivity contribution in [1.82, 2.24) is 9.88 Å². The molecule has 1 fully saturated rings. The van der Waals surface area contributed by atoms with Crippen molar-refractivity contribution < 1.29 is 13.9 Å². The molecule has 134 valence electrons. The Morgan fingerprint density at radius 1 is 1.46 bits per heavy atom. The molecule has 0 spiro atoms. The lowest BCUT2D eigenvalue weighted by Gasteiger charge is -2.39. The minimum absolute atomic E-state index is 0.0438. The van der Waals surface area contributed by atoms with Gasteiger partial charge in [-0.1, -0.05) is 6.92 Å². The maximum atomic E-state index is 13.2. The predicted molar refractivity (Wildman–Crippen MR) is 92.5 cm³/mol. The molecule has 1 aromatic heterocycles. The van der Waals surface area contributed by atoms with Crippen molar-refractivity contribution in [2.24, 2.45) is 5.92 Å². The summed E-state index contributed by atoms with van der Waals surface area (Å²) >= 11 is 0. The lowest BCUT2D eigenvalue weighted by atomic mass is 9.94. The van der Waals surface area contributed by atoms with Crippen LogP contribution in [0.3, 0.4) is 0 Å². The molecule has 0 bridgehead atoms. The normalized spacial score (nSPS) is 21.5. The highest BCUT2D eigenvalue weighted by molar-refractivity contribution is 5.69. The Morgan fingerprint density at radius 3 is 2.79 bits per heavy atom. The van der Waals surface area contributed by atoms with Crippen LogP contribution in [-0.2, 0) is 4.74 Å². The van der Waals surface area contributed by atoms with Crippen LogP contribution in [0.2, 0.25) is 0 Å². The maximum Gasteiger partial charge on any atom is 0.410 e. The van der Waals surface area contributed by atoms with Gasteiger partial charge >= 0.3 is 6.09 Å². The number of nitrogens with zero attached hydrogens (tertiary/aromatic N) is 2. The van der Waals surface area contributed by atoms with E-state index in [0.29, 0.717) is 24.8 Å². The molecule has 0 aromatic carbocycles. The van der Waals surface area contributed by atoms with Gasteiger partial charge in [-0.05, 0) is 58.1 Å². The number of anilines is 1. The number of carbonyl (C=O) groups is 1. The van der Waals surface area contributed by atoms with Gasteiger partial charge in [-0.3, -0.25) is 0 Å². The fraction of sp³-hybridized carbons (Fsp3) is 0.667. The van der Waals surface area contributed by atoms with Crippen molar-refractivity contribution in [1.29, 1.82) is 0 Å². The van der Waals surface area contributed by atoms with Crippen molar-refractivity contribution >= 4 is 11.9 Å². The molecule has 1 saturated heterocycles. The minimum atomic E-state index is -0.509. The minimum Gasteiger partial charge on any atom is -0.444 e. The van der Waals surface area contributed by atoms with Crippen LogP contribution in [0.4, 0.5) is 15.0 Å². The Bertz CT molecular complexity index is 586. The molecule has 0 unspecified atom stereocenters. The zero-order valence-corrected chi connectivity index (χ0v) is 15.2. The average molecular weight is 337 g/mol. The fourth-order valence-electron chi connectivity index (χ4n) is 2.91. The van der Waals surface area contributed by atoms with Gasteiger partial charge in [0.1, 0.15) is 17.2 Å². The van der Waals surface area contributed by atoms with Crippen LogP contribution in [0.1, 0.15) is 46.1 Å². The molecule has 1 aromatic rings. The van der Waals surface area contributed by atoms with Crippen molar-refractivity contribution in [3.63, 3.8) is 0 Å². The molecule has 2 heterocycles. The van der Waals surface area contributed by atoms with E-state index in [4.69, 9.17) is 4.74 Å². The molecular weight excluding hydrogens is 309 g/mol. The van der Waals surface area contributed by atoms with E-state index in [1.807, 2.05) is 32.6 Å². The van der Waals surface area contributed by atoms with E-state index in [1.165, 1.54) is 12.3 Å². The third-order valence-corrected chi connectivity index (χ3v) is 4.12. The highest BCUT2D eigenvalue weighted by Gasteiger charge is 2.32. The summed E-state index contributed by atoms with van der Waals surface area (Å²) in [5, 5.41) is 3.25. The number of rotatable bonds is 3. The van der Waals surface area contributed by atoms with Crippen molar-refractivity contribution in [2.75, 3.05) is 18.4 Å². The second kappa shape index (κ2) is 7.36. The number of nitrogens with one attached hydrogen (secondary N) is 1. The van der Waals surface area contributed by atoms with E-state index in [0.717, 1.165) is 18.4 Å². The first-order chi connectivity index (χ1) is 11.2. The Morgan fingerprint density at radius 2 is 2.17 bits per heavy atom. The van der Waals surface area contributed by atoms with Crippen LogP contribution in [-0.4, -0.2) is 40.7 Å². The highest BCUT2D eigenvalue weighted by atomic mass is 19.1. The SMILES string of the molecule is Cc1cc(F)cnc1NC[C@@H]1CC[C@H](C)CN1C(=O)OC(C)(C)C. The van der Waals surface area contributed by atoms with Gasteiger partial charge in [0, 0.05) is 13.1 Å². The Hall–Kier alpha value is -1.85. The first-order valence-electron chi connectivity index (χ1n) is 8.51. The molecule has 0 saturated carbocycles. The van der Waals surface area contributed by atoms with Gasteiger partial charge in [-0.15, -0.1) is 0 Å². The number of hydrogen-bond donors (Lipinski definition) is 1. The number of piperidine rings is 1. The molecule has 0 aliphatic carbocycles. The topological polar surface area (TPSA) is 54.5 Å². The summed E-state index contributed by atoms with van der Waals surface area (Å²) in [6, 6.07) is 1.49. The van der Waals surface area contributed by atoms with Gasteiger partial charge in [-0.2, -0.15) is 0 Å². The van der Waals surface area contributed by atoms with Gasteiger partial charge in [-0.25, -0.2) is 14.2 Å². The van der Waals surface area contributed by atoms with E-state index in [9.17, 15) is 9.18 Å². The molecule has 5 nitrogen and oxygen atoms in total. The van der Waals surface area contributed by atoms with Crippen LogP contribution in [0, 0.1) is 18.7 Å². The molecule has 1 aliphatic rings. The van der Waals surface area contributed by atoms with Gasteiger partial charge in [0.2, 0.25) is 0 Å². The molecule has 1 amide bonds. The molecule has 0 radical (unpaired) electrons. The number of aryl methyl sites for hydroxylation is 1. The van der Waals surface area contributed by atoms with Crippen molar-refractivity contribution in [3.05, 3.63) is 23.6 Å². The van der Waals surface area contributed by atoms with Gasteiger partial charge < -0.3 is 15.0 Å². The third-order valence-electron chi connectivity index (χ3n) is 4.12. The van der Waals surface area contributed by atoms with Crippen LogP contribution in [0.25, 0.3) is 0 Å². The quantitative estimate of drug-likeness (QED) is 0.906. The van der Waals surface area contributed by atoms with Crippen LogP contribution >= 0.6 is 0 Å². The summed E-state index contributed by atoms with van der Waals surface area (Å²) < 4.78 is 18.7. The number of carbonyl (C=O) groups excluding carboxylic acids is 1. The first kappa shape index (κ1) is 18.5. The maximum absolute atomic E-state index is 13.2. The summed E-state index contributed by atoms with van der Waals surface area (Å²) in [5.74, 6) is 0.763. The molecule has 2 rings (SSSR count). The van der Waals surface area contributed by atoms with Crippen LogP contribution < -0.4 is 5.32 Å². The monoisotopic (exact) mass is 337 g/mol. The van der Waals surface area contributed by atoms with Crippen molar-refractivity contribution in [2.45, 2.75) is 59.1 Å². The Balaban J connectivity index is 2.04. The first-order valence-corrected chi connectivity index (χ1v) is 8.51. The molecule has 1 N–H and O–H groups in total. The van der Waals surface area contributed by atoms with Crippen molar-refractivity contribution in [3.8, 4) is 0 Å². The lowest BCUT2D eigenvalue weighted by Crippen LogP contribution is -2.51. The highest BCUT2D eigenvalue weighted by Crippen LogP contribution is 2.24. The number of aromatic nitrogens is 1. The number of likely N-dealkylation sites (tertiary alicyclic amines) is 1. The molecular formula is C18H28FN3O2. The standard InChI is InChI=1S/C18H28FN3O2/c1-12-6-7-15(22(11-12)17(23)24-18(3,4)5)10-21-16-13(2)8-14(19)9-20-16/h8-9,12,15H,6-7,10-11H2,1-5H3,(H,20,21)/t12-,15-/m0/s1. The van der Waals surface area contributed by atoms with Gasteiger partial charge in [0.25, 0.3) is 0 Å². The zero-order chi connectivity index (χ0) is 17.9. The van der Waals surface area contributed by atoms with Crippen LogP contribution in [0.15, 0.2) is 12.3 Å². The zero-order valence-electron chi connectivity index (χ0n) is 15.2. The van der Waals surface area contributed by atoms with E-state index in [2.05, 4.69) is 17.2 Å². The number of halogens is 1. The van der Waals surface area contributed by atoms with E-state index in [1.54, 1.807) is 0 Å². The van der Waals surface area contributed by atoms with Gasteiger partial charge in [0.15, 0.2) is 0 Å². The number of hydrogen-bond acceptors (Lipinski definition) is 4. The van der Waals surface area contributed by atoms with Gasteiger partial charge in [0.05, 0.1) is 12.2 Å². The number of ether oxygens (including phenoxy) is 1. The molecule has 24 heavy (non-hydrogen) atoms. The summed E-state index contributed by atoms with van der Waals surface area (Å²) in [4.78, 5) is 18.4. The number of amides is 1. The second-order valence-electron chi connectivity index (χ2n) is 7.67. The molecule has 1 aliphatic heterocycles. The van der Waals surface area contributed by atoms with Crippen LogP contribution in [0.5, 0.6) is 0 Å². The van der Waals surface area contributed by atoms with E-state index in [-0.39, 0.29) is 18.0 Å². The largest absolute Gasteiger partial charge is 0.444 e. The van der Waals surface area contributed by atoms with E-state index >= 15 is 0 Å². The summed E-state index contributed by atoms with van der Waals surface area (Å²) in [6.45, 7) is 10.8. The summed E-state index contributed by atoms with van der Waals surface area (Å²) in [6.07, 6.45) is 2.91. The Labute approximate surface area is 143 Å². The Kier molecular flexibility index (Phi) is 5.67. The molecule has 2 atom stereocenters. The van der Waals surface area contributed by atoms with E-state index < -0.39 is 5.60 Å². The molecule has 6 heteroatoms. The lowest BCUT2D eigenvalue weighted by molar-refractivity contribution is 0.00577. The summed E-state index contributed by atoms with van der Waals surface area (Å²) in [5.41, 5.74) is 0.244. The summed E-state index contributed by atoms with van der Waals surface area (Å²) in [7, 11) is 0. The second-order valence-corrected chi connectivity index (χ2v) is 7.67. The average Bonchev–Trinajstić information content (AvgIpc) is 2.45. The third kappa shape index (κ3) is 5.08. The predicted octanol–water partition coefficient (Wildman–Crippen LogP) is 3.98. The fourth-order valence-corrected chi connectivity index (χ4v) is 2.91. The smallest absolute Gasteiger partial charge is 0.410 e. The number of pyridine rings is 1.